The Kier molecular flexibility index (Phi) is 4.11. The second-order valence-corrected chi connectivity index (χ2v) is 6.54. The van der Waals surface area contributed by atoms with Crippen LogP contribution >= 0.6 is 22.6 Å². The summed E-state index contributed by atoms with van der Waals surface area (Å²) < 4.78 is 0.449. The Morgan fingerprint density at radius 2 is 1.88 bits per heavy atom. The van der Waals surface area contributed by atoms with E-state index in [0.29, 0.717) is 4.43 Å². The number of hydrogen-bond donors (Lipinski definition) is 1. The average Bonchev–Trinajstić information content (AvgIpc) is 2.31. The molecule has 98 valence electrons. The van der Waals surface area contributed by atoms with Crippen molar-refractivity contribution >= 4 is 34.4 Å². The molecule has 1 heterocycles. The monoisotopic (exact) mass is 352 g/mol. The van der Waals surface area contributed by atoms with Crippen LogP contribution in [-0.4, -0.2) is 38.3 Å². The van der Waals surface area contributed by atoms with Crippen LogP contribution in [0, 0.1) is 0 Å². The lowest BCUT2D eigenvalue weighted by Gasteiger charge is -2.41. The van der Waals surface area contributed by atoms with Crippen molar-refractivity contribution in [1.29, 1.82) is 0 Å². The fraction of sp³-hybridized carbons (Fsp3) is 0.833. The summed E-state index contributed by atoms with van der Waals surface area (Å²) in [5, 5.41) is 3.02. The predicted octanol–water partition coefficient (Wildman–Crippen LogP) is 1.72. The van der Waals surface area contributed by atoms with Crippen molar-refractivity contribution in [2.24, 2.45) is 0 Å². The van der Waals surface area contributed by atoms with Crippen molar-refractivity contribution in [2.45, 2.75) is 58.2 Å². The highest BCUT2D eigenvalue weighted by Gasteiger charge is 2.52. The van der Waals surface area contributed by atoms with Crippen LogP contribution in [0.3, 0.4) is 0 Å². The summed E-state index contributed by atoms with van der Waals surface area (Å²) in [4.78, 5) is 25.2. The van der Waals surface area contributed by atoms with Crippen molar-refractivity contribution < 1.29 is 9.59 Å². The van der Waals surface area contributed by atoms with E-state index < -0.39 is 0 Å². The molecule has 1 N–H and O–H groups in total. The van der Waals surface area contributed by atoms with E-state index in [4.69, 9.17) is 0 Å². The first-order valence-electron chi connectivity index (χ1n) is 5.79. The molecule has 5 heteroatoms. The number of likely N-dealkylation sites (tertiary alicyclic amines) is 1. The summed E-state index contributed by atoms with van der Waals surface area (Å²) in [5.74, 6) is 0.0936. The number of hydrogen-bond acceptors (Lipinski definition) is 2. The lowest BCUT2D eigenvalue weighted by molar-refractivity contribution is -0.138. The zero-order valence-corrected chi connectivity index (χ0v) is 13.3. The van der Waals surface area contributed by atoms with Gasteiger partial charge in [0.1, 0.15) is 0 Å². The minimum Gasteiger partial charge on any atom is -0.350 e. The standard InChI is InChI=1S/C12H21IN2O2/c1-8(16)15-11(2,3)6-9(12(15,4)5)14-10(17)7-13/h9H,6-7H2,1-5H3,(H,14,17). The molecule has 0 aromatic heterocycles. The number of nitrogens with zero attached hydrogens (tertiary/aromatic N) is 1. The highest BCUT2D eigenvalue weighted by molar-refractivity contribution is 14.1. The van der Waals surface area contributed by atoms with Gasteiger partial charge in [-0.3, -0.25) is 9.59 Å². The van der Waals surface area contributed by atoms with E-state index in [-0.39, 0.29) is 28.9 Å². The lowest BCUT2D eigenvalue weighted by atomic mass is 9.94. The van der Waals surface area contributed by atoms with E-state index in [9.17, 15) is 9.59 Å². The molecule has 0 radical (unpaired) electrons. The maximum absolute atomic E-state index is 11.8. The molecule has 1 unspecified atom stereocenters. The molecule has 1 aliphatic heterocycles. The molecule has 0 spiro atoms. The topological polar surface area (TPSA) is 49.4 Å². The van der Waals surface area contributed by atoms with Gasteiger partial charge in [0.15, 0.2) is 0 Å². The summed E-state index contributed by atoms with van der Waals surface area (Å²) in [6.07, 6.45) is 0.794. The normalized spacial score (nSPS) is 25.8. The Balaban J connectivity index is 2.98. The van der Waals surface area contributed by atoms with Crippen LogP contribution in [0.15, 0.2) is 0 Å². The van der Waals surface area contributed by atoms with E-state index in [1.165, 1.54) is 0 Å². The largest absolute Gasteiger partial charge is 0.350 e. The van der Waals surface area contributed by atoms with Crippen LogP contribution in [0.1, 0.15) is 41.0 Å². The molecule has 1 fully saturated rings. The quantitative estimate of drug-likeness (QED) is 0.608. The summed E-state index contributed by atoms with van der Waals surface area (Å²) in [6, 6.07) is 0.0173. The van der Waals surface area contributed by atoms with E-state index in [0.717, 1.165) is 6.42 Å². The molecule has 1 rings (SSSR count). The third-order valence-electron chi connectivity index (χ3n) is 3.51. The summed E-state index contributed by atoms with van der Waals surface area (Å²) >= 11 is 2.05. The highest BCUT2D eigenvalue weighted by Crippen LogP contribution is 2.40. The van der Waals surface area contributed by atoms with Gasteiger partial charge in [-0.15, -0.1) is 0 Å². The molecular weight excluding hydrogens is 331 g/mol. The van der Waals surface area contributed by atoms with E-state index in [1.54, 1.807) is 6.92 Å². The third-order valence-corrected chi connectivity index (χ3v) is 4.20. The van der Waals surface area contributed by atoms with Crippen molar-refractivity contribution in [2.75, 3.05) is 4.43 Å². The van der Waals surface area contributed by atoms with Gasteiger partial charge in [-0.05, 0) is 34.1 Å². The maximum Gasteiger partial charge on any atom is 0.230 e. The molecule has 1 saturated heterocycles. The summed E-state index contributed by atoms with van der Waals surface area (Å²) in [6.45, 7) is 9.72. The van der Waals surface area contributed by atoms with Crippen LogP contribution in [0.25, 0.3) is 0 Å². The number of alkyl halides is 1. The van der Waals surface area contributed by atoms with Crippen molar-refractivity contribution in [1.82, 2.24) is 10.2 Å². The van der Waals surface area contributed by atoms with E-state index in [1.807, 2.05) is 55.2 Å². The van der Waals surface area contributed by atoms with Gasteiger partial charge in [0.25, 0.3) is 0 Å². The third kappa shape index (κ3) is 2.74. The Labute approximate surface area is 117 Å². The first-order chi connectivity index (χ1) is 7.63. The van der Waals surface area contributed by atoms with Gasteiger partial charge in [-0.2, -0.15) is 0 Å². The second kappa shape index (κ2) is 4.74. The Hall–Kier alpha value is -0.330. The minimum absolute atomic E-state index is 0.0173. The van der Waals surface area contributed by atoms with Gasteiger partial charge in [-0.1, -0.05) is 22.6 Å². The number of halogens is 1. The molecule has 4 nitrogen and oxygen atoms in total. The maximum atomic E-state index is 11.8. The van der Waals surface area contributed by atoms with Gasteiger partial charge in [0, 0.05) is 12.5 Å². The van der Waals surface area contributed by atoms with Gasteiger partial charge < -0.3 is 10.2 Å². The molecule has 1 aliphatic rings. The number of carbonyl (C=O) groups is 2. The smallest absolute Gasteiger partial charge is 0.230 e. The Morgan fingerprint density at radius 1 is 1.35 bits per heavy atom. The average molecular weight is 352 g/mol. The van der Waals surface area contributed by atoms with Gasteiger partial charge in [0.05, 0.1) is 16.0 Å². The number of rotatable bonds is 2. The number of nitrogens with one attached hydrogen (secondary N) is 1. The Morgan fingerprint density at radius 3 is 2.24 bits per heavy atom. The van der Waals surface area contributed by atoms with Crippen LogP contribution in [0.4, 0.5) is 0 Å². The molecule has 0 aromatic rings. The molecule has 1 atom stereocenters. The van der Waals surface area contributed by atoms with Crippen LogP contribution in [-0.2, 0) is 9.59 Å². The molecule has 0 aromatic carbocycles. The molecule has 2 amide bonds. The van der Waals surface area contributed by atoms with Crippen molar-refractivity contribution in [3.05, 3.63) is 0 Å². The van der Waals surface area contributed by atoms with Crippen LogP contribution in [0.2, 0.25) is 0 Å². The molecule has 0 saturated carbocycles. The minimum atomic E-state index is -0.337. The van der Waals surface area contributed by atoms with Crippen LogP contribution in [0.5, 0.6) is 0 Å². The van der Waals surface area contributed by atoms with Gasteiger partial charge in [0.2, 0.25) is 11.8 Å². The zero-order chi connectivity index (χ0) is 13.4. The summed E-state index contributed by atoms with van der Waals surface area (Å²) in [7, 11) is 0. The SMILES string of the molecule is CC(=O)N1C(C)(C)CC(NC(=O)CI)C1(C)C. The lowest BCUT2D eigenvalue weighted by Crippen LogP contribution is -2.56. The first-order valence-corrected chi connectivity index (χ1v) is 7.31. The van der Waals surface area contributed by atoms with Crippen LogP contribution < -0.4 is 5.32 Å². The molecule has 17 heavy (non-hydrogen) atoms. The van der Waals surface area contributed by atoms with Gasteiger partial charge >= 0.3 is 0 Å². The molecular formula is C12H21IN2O2. The van der Waals surface area contributed by atoms with Crippen molar-refractivity contribution in [3.8, 4) is 0 Å². The zero-order valence-electron chi connectivity index (χ0n) is 11.1. The fourth-order valence-electron chi connectivity index (χ4n) is 3.07. The number of carbonyl (C=O) groups excluding carboxylic acids is 2. The fourth-order valence-corrected chi connectivity index (χ4v) is 3.29. The van der Waals surface area contributed by atoms with Crippen molar-refractivity contribution in [3.63, 3.8) is 0 Å². The number of amides is 2. The van der Waals surface area contributed by atoms with E-state index in [2.05, 4.69) is 5.32 Å². The van der Waals surface area contributed by atoms with E-state index >= 15 is 0 Å². The highest BCUT2D eigenvalue weighted by atomic mass is 127. The molecule has 0 bridgehead atoms. The molecule has 0 aliphatic carbocycles. The Bertz CT molecular complexity index is 339. The second-order valence-electron chi connectivity index (χ2n) is 5.78. The summed E-state index contributed by atoms with van der Waals surface area (Å²) in [5.41, 5.74) is -0.546. The van der Waals surface area contributed by atoms with Gasteiger partial charge in [-0.25, -0.2) is 0 Å². The predicted molar refractivity (Wildman–Crippen MR) is 76.1 cm³/mol. The first kappa shape index (κ1) is 14.7.